The topological polar surface area (TPSA) is 42.2 Å². The first kappa shape index (κ1) is 13.5. The lowest BCUT2D eigenvalue weighted by atomic mass is 10.3. The summed E-state index contributed by atoms with van der Waals surface area (Å²) in [6.07, 6.45) is 4.04. The third-order valence-corrected chi connectivity index (χ3v) is 2.82. The molecule has 0 atom stereocenters. The fraction of sp³-hybridized carbons (Fsp3) is 0. The molecular weight excluding hydrogens is 320 g/mol. The Morgan fingerprint density at radius 1 is 1.32 bits per heavy atom. The molecule has 1 heterocycles. The Bertz CT molecular complexity index is 624. The summed E-state index contributed by atoms with van der Waals surface area (Å²) in [5, 5.41) is 2.24. The van der Waals surface area contributed by atoms with Gasteiger partial charge in [0.25, 0.3) is 0 Å². The van der Waals surface area contributed by atoms with Gasteiger partial charge in [0.05, 0.1) is 16.4 Å². The lowest BCUT2D eigenvalue weighted by Gasteiger charge is -2.05. The van der Waals surface area contributed by atoms with E-state index < -0.39 is 17.5 Å². The molecule has 0 saturated carbocycles. The zero-order valence-corrected chi connectivity index (χ0v) is 11.1. The Morgan fingerprint density at radius 2 is 2.11 bits per heavy atom. The maximum absolute atomic E-state index is 13.5. The largest absolute Gasteiger partial charge is 0.465 e. The molecule has 2 rings (SSSR count). The molecule has 0 aliphatic rings. The molecule has 0 radical (unpaired) electrons. The van der Waals surface area contributed by atoms with Crippen LogP contribution in [0.3, 0.4) is 0 Å². The lowest BCUT2D eigenvalue weighted by molar-refractivity contribution is -0.111. The summed E-state index contributed by atoms with van der Waals surface area (Å²) in [4.78, 5) is 11.5. The van der Waals surface area contributed by atoms with Crippen LogP contribution < -0.4 is 5.32 Å². The van der Waals surface area contributed by atoms with Gasteiger partial charge in [0.1, 0.15) is 17.4 Å². The Morgan fingerprint density at radius 3 is 2.79 bits per heavy atom. The number of halogens is 3. The van der Waals surface area contributed by atoms with Gasteiger partial charge in [-0.3, -0.25) is 4.79 Å². The Labute approximate surface area is 116 Å². The number of rotatable bonds is 3. The van der Waals surface area contributed by atoms with Crippen molar-refractivity contribution in [2.75, 3.05) is 5.32 Å². The smallest absolute Gasteiger partial charge is 0.248 e. The van der Waals surface area contributed by atoms with E-state index in [1.54, 1.807) is 12.1 Å². The number of furan rings is 1. The van der Waals surface area contributed by atoms with Crippen molar-refractivity contribution in [1.82, 2.24) is 0 Å². The molecule has 6 heteroatoms. The summed E-state index contributed by atoms with van der Waals surface area (Å²) >= 11 is 2.85. The van der Waals surface area contributed by atoms with Crippen molar-refractivity contribution in [3.8, 4) is 0 Å². The summed E-state index contributed by atoms with van der Waals surface area (Å²) in [6, 6.07) is 5.17. The van der Waals surface area contributed by atoms with Gasteiger partial charge in [-0.25, -0.2) is 8.78 Å². The summed E-state index contributed by atoms with van der Waals surface area (Å²) in [7, 11) is 0. The molecule has 3 nitrogen and oxygen atoms in total. The van der Waals surface area contributed by atoms with Gasteiger partial charge in [0, 0.05) is 12.1 Å². The third-order valence-electron chi connectivity index (χ3n) is 2.21. The zero-order valence-electron chi connectivity index (χ0n) is 9.49. The van der Waals surface area contributed by atoms with Crippen molar-refractivity contribution in [2.45, 2.75) is 0 Å². The Kier molecular flexibility index (Phi) is 4.11. The number of hydrogen-bond acceptors (Lipinski definition) is 2. The average Bonchev–Trinajstić information content (AvgIpc) is 2.86. The Hall–Kier alpha value is -1.95. The van der Waals surface area contributed by atoms with Crippen molar-refractivity contribution in [1.29, 1.82) is 0 Å². The molecule has 1 amide bonds. The van der Waals surface area contributed by atoms with Gasteiger partial charge in [0.2, 0.25) is 5.91 Å². The minimum absolute atomic E-state index is 0.00544. The highest BCUT2D eigenvalue weighted by Gasteiger charge is 2.09. The quantitative estimate of drug-likeness (QED) is 0.684. The van der Waals surface area contributed by atoms with Crippen LogP contribution in [0.1, 0.15) is 5.76 Å². The molecule has 1 aromatic carbocycles. The fourth-order valence-corrected chi connectivity index (χ4v) is 1.65. The number of hydrogen-bond donors (Lipinski definition) is 1. The molecule has 1 N–H and O–H groups in total. The van der Waals surface area contributed by atoms with E-state index in [0.717, 1.165) is 18.2 Å². The van der Waals surface area contributed by atoms with E-state index in [9.17, 15) is 13.6 Å². The first-order chi connectivity index (χ1) is 9.06. The first-order valence-electron chi connectivity index (χ1n) is 5.23. The van der Waals surface area contributed by atoms with Crippen molar-refractivity contribution >= 4 is 33.6 Å². The molecule has 0 aliphatic carbocycles. The van der Waals surface area contributed by atoms with E-state index in [4.69, 9.17) is 4.42 Å². The van der Waals surface area contributed by atoms with Crippen molar-refractivity contribution < 1.29 is 18.0 Å². The van der Waals surface area contributed by atoms with Crippen LogP contribution in [-0.4, -0.2) is 5.91 Å². The van der Waals surface area contributed by atoms with E-state index in [1.807, 2.05) is 0 Å². The van der Waals surface area contributed by atoms with Crippen LogP contribution in [0.25, 0.3) is 6.08 Å². The monoisotopic (exact) mass is 327 g/mol. The molecule has 98 valence electrons. The van der Waals surface area contributed by atoms with E-state index in [2.05, 4.69) is 21.2 Å². The predicted molar refractivity (Wildman–Crippen MR) is 70.4 cm³/mol. The van der Waals surface area contributed by atoms with Crippen LogP contribution in [-0.2, 0) is 4.79 Å². The third kappa shape index (κ3) is 3.51. The second-order valence-electron chi connectivity index (χ2n) is 3.58. The molecule has 0 bridgehead atoms. The number of nitrogens with one attached hydrogen (secondary N) is 1. The molecule has 19 heavy (non-hydrogen) atoms. The van der Waals surface area contributed by atoms with Crippen LogP contribution in [0, 0.1) is 11.6 Å². The van der Waals surface area contributed by atoms with Gasteiger partial charge in [-0.05, 0) is 40.2 Å². The average molecular weight is 328 g/mol. The van der Waals surface area contributed by atoms with Gasteiger partial charge in [-0.1, -0.05) is 0 Å². The van der Waals surface area contributed by atoms with Gasteiger partial charge in [0.15, 0.2) is 0 Å². The fourth-order valence-electron chi connectivity index (χ4n) is 1.34. The van der Waals surface area contributed by atoms with Gasteiger partial charge >= 0.3 is 0 Å². The minimum Gasteiger partial charge on any atom is -0.465 e. The normalized spacial score (nSPS) is 10.9. The van der Waals surface area contributed by atoms with Crippen LogP contribution in [0.2, 0.25) is 0 Å². The predicted octanol–water partition coefficient (Wildman–Crippen LogP) is 3.97. The number of benzene rings is 1. The number of carbonyl (C=O) groups is 1. The van der Waals surface area contributed by atoms with Crippen LogP contribution >= 0.6 is 15.9 Å². The molecule has 0 aliphatic heterocycles. The van der Waals surface area contributed by atoms with Crippen molar-refractivity contribution in [3.63, 3.8) is 0 Å². The molecule has 0 saturated heterocycles. The molecule has 2 aromatic rings. The van der Waals surface area contributed by atoms with E-state index in [-0.39, 0.29) is 10.2 Å². The highest BCUT2D eigenvalue weighted by atomic mass is 79.9. The Balaban J connectivity index is 2.09. The van der Waals surface area contributed by atoms with Crippen molar-refractivity contribution in [3.05, 3.63) is 58.5 Å². The number of carbonyl (C=O) groups excluding carboxylic acids is 1. The number of anilines is 1. The van der Waals surface area contributed by atoms with E-state index in [1.165, 1.54) is 12.3 Å². The summed E-state index contributed by atoms with van der Waals surface area (Å²) < 4.78 is 31.7. The van der Waals surface area contributed by atoms with Gasteiger partial charge in [-0.2, -0.15) is 0 Å². The second-order valence-corrected chi connectivity index (χ2v) is 4.44. The van der Waals surface area contributed by atoms with Crippen molar-refractivity contribution in [2.24, 2.45) is 0 Å². The molecule has 0 unspecified atom stereocenters. The highest BCUT2D eigenvalue weighted by Crippen LogP contribution is 2.23. The maximum Gasteiger partial charge on any atom is 0.248 e. The molecule has 1 aromatic heterocycles. The lowest BCUT2D eigenvalue weighted by Crippen LogP contribution is -2.09. The highest BCUT2D eigenvalue weighted by molar-refractivity contribution is 9.10. The van der Waals surface area contributed by atoms with Gasteiger partial charge in [-0.15, -0.1) is 0 Å². The molecular formula is C13H8BrF2NO2. The SMILES string of the molecule is O=C(/C=C/c1ccco1)Nc1cc(F)c(Br)cc1F. The minimum atomic E-state index is -0.729. The van der Waals surface area contributed by atoms with E-state index >= 15 is 0 Å². The summed E-state index contributed by atoms with van der Waals surface area (Å²) in [5.41, 5.74) is -0.227. The van der Waals surface area contributed by atoms with Crippen LogP contribution in [0.5, 0.6) is 0 Å². The summed E-state index contributed by atoms with van der Waals surface area (Å²) in [5.74, 6) is -1.49. The molecule has 0 fully saturated rings. The maximum atomic E-state index is 13.5. The second kappa shape index (κ2) is 5.79. The van der Waals surface area contributed by atoms with Gasteiger partial charge < -0.3 is 9.73 Å². The van der Waals surface area contributed by atoms with Crippen LogP contribution in [0.4, 0.5) is 14.5 Å². The number of amides is 1. The first-order valence-corrected chi connectivity index (χ1v) is 6.02. The zero-order chi connectivity index (χ0) is 13.8. The van der Waals surface area contributed by atoms with E-state index in [0.29, 0.717) is 5.76 Å². The standard InChI is InChI=1S/C13H8BrF2NO2/c14-9-6-11(16)12(7-10(9)15)17-13(18)4-3-8-2-1-5-19-8/h1-7H,(H,17,18)/b4-3+. The summed E-state index contributed by atoms with van der Waals surface area (Å²) in [6.45, 7) is 0. The van der Waals surface area contributed by atoms with Crippen LogP contribution in [0.15, 0.2) is 45.5 Å². The molecule has 0 spiro atoms.